The lowest BCUT2D eigenvalue weighted by Gasteiger charge is -2.20. The molecule has 0 spiro atoms. The van der Waals surface area contributed by atoms with Crippen molar-refractivity contribution in [3.63, 3.8) is 0 Å². The maximum absolute atomic E-state index is 12.9. The molecular weight excluding hydrogens is 414 g/mol. The first-order valence-corrected chi connectivity index (χ1v) is 12.0. The maximum Gasteiger partial charge on any atom is 0.273 e. The van der Waals surface area contributed by atoms with E-state index in [1.807, 2.05) is 18.2 Å². The van der Waals surface area contributed by atoms with Gasteiger partial charge in [-0.15, -0.1) is 11.3 Å². The summed E-state index contributed by atoms with van der Waals surface area (Å²) >= 11 is 2.86. The molecule has 1 aliphatic rings. The Morgan fingerprint density at radius 2 is 2.14 bits per heavy atom. The van der Waals surface area contributed by atoms with Crippen LogP contribution in [0.2, 0.25) is 0 Å². The lowest BCUT2D eigenvalue weighted by Crippen LogP contribution is -2.26. The van der Waals surface area contributed by atoms with Gasteiger partial charge in [-0.2, -0.15) is 0 Å². The van der Waals surface area contributed by atoms with E-state index in [0.29, 0.717) is 22.9 Å². The van der Waals surface area contributed by atoms with Crippen molar-refractivity contribution in [2.75, 3.05) is 24.5 Å². The zero-order valence-electron chi connectivity index (χ0n) is 15.5. The molecule has 3 heterocycles. The van der Waals surface area contributed by atoms with Crippen LogP contribution < -0.4 is 4.31 Å². The summed E-state index contributed by atoms with van der Waals surface area (Å²) < 4.78 is 27.4. The van der Waals surface area contributed by atoms with Gasteiger partial charge in [0.05, 0.1) is 23.4 Å². The van der Waals surface area contributed by atoms with E-state index in [1.165, 1.54) is 15.6 Å². The Balaban J connectivity index is 1.71. The summed E-state index contributed by atoms with van der Waals surface area (Å²) in [4.78, 5) is 8.01. The molecule has 1 aromatic carbocycles. The Morgan fingerprint density at radius 1 is 1.32 bits per heavy atom. The van der Waals surface area contributed by atoms with Crippen molar-refractivity contribution in [3.8, 4) is 0 Å². The second kappa shape index (κ2) is 7.22. The number of thiophene rings is 1. The number of H-pyrrole nitrogens is 1. The number of hydrogen-bond acceptors (Lipinski definition) is 6. The molecular formula is C19H21N3O3S3. The van der Waals surface area contributed by atoms with Gasteiger partial charge < -0.3 is 10.1 Å². The highest BCUT2D eigenvalue weighted by Crippen LogP contribution is 2.39. The fourth-order valence-corrected chi connectivity index (χ4v) is 6.74. The molecule has 0 saturated carbocycles. The number of hydrogen-bond donors (Lipinski definition) is 2. The summed E-state index contributed by atoms with van der Waals surface area (Å²) in [6.45, 7) is 2.89. The van der Waals surface area contributed by atoms with Crippen LogP contribution in [0.15, 0.2) is 51.0 Å². The van der Waals surface area contributed by atoms with Crippen LogP contribution in [0.25, 0.3) is 10.9 Å². The zero-order chi connectivity index (χ0) is 19.9. The van der Waals surface area contributed by atoms with Crippen molar-refractivity contribution >= 4 is 54.8 Å². The largest absolute Gasteiger partial charge is 0.396 e. The first kappa shape index (κ1) is 19.5. The van der Waals surface area contributed by atoms with E-state index < -0.39 is 10.0 Å². The molecule has 0 radical (unpaired) electrons. The Hall–Kier alpha value is -1.81. The molecule has 9 heteroatoms. The summed E-state index contributed by atoms with van der Waals surface area (Å²) in [5, 5.41) is 12.9. The number of thioether (sulfide) groups is 1. The highest BCUT2D eigenvalue weighted by atomic mass is 32.2. The number of benzene rings is 1. The van der Waals surface area contributed by atoms with Crippen LogP contribution in [0.3, 0.4) is 0 Å². The number of aliphatic hydroxyl groups excluding tert-OH is 1. The number of nitrogens with one attached hydrogen (secondary N) is 1. The molecule has 1 unspecified atom stereocenters. The third kappa shape index (κ3) is 3.36. The lowest BCUT2D eigenvalue weighted by atomic mass is 10.1. The molecule has 28 heavy (non-hydrogen) atoms. The van der Waals surface area contributed by atoms with Gasteiger partial charge in [0.1, 0.15) is 9.25 Å². The molecule has 1 aliphatic heterocycles. The number of aliphatic hydroxyl groups is 1. The SMILES string of the molecule is CN(c1cccc2cc(C3=NCC(C)(CCO)S3)[nH]c12)S(=O)(=O)c1cccs1. The van der Waals surface area contributed by atoms with Gasteiger partial charge in [0, 0.05) is 23.8 Å². The normalized spacial score (nSPS) is 19.9. The van der Waals surface area contributed by atoms with Gasteiger partial charge >= 0.3 is 0 Å². The summed E-state index contributed by atoms with van der Waals surface area (Å²) in [5.74, 6) is 0. The Kier molecular flexibility index (Phi) is 5.03. The van der Waals surface area contributed by atoms with E-state index in [0.717, 1.165) is 21.6 Å². The van der Waals surface area contributed by atoms with E-state index in [-0.39, 0.29) is 11.4 Å². The zero-order valence-corrected chi connectivity index (χ0v) is 18.0. The van der Waals surface area contributed by atoms with Crippen molar-refractivity contribution in [3.05, 3.63) is 47.5 Å². The van der Waals surface area contributed by atoms with Crippen LogP contribution in [0.5, 0.6) is 0 Å². The van der Waals surface area contributed by atoms with E-state index in [2.05, 4.69) is 16.9 Å². The van der Waals surface area contributed by atoms with Gasteiger partial charge in [0.25, 0.3) is 10.0 Å². The van der Waals surface area contributed by atoms with E-state index in [9.17, 15) is 13.5 Å². The van der Waals surface area contributed by atoms with Crippen molar-refractivity contribution in [2.24, 2.45) is 4.99 Å². The number of aromatic amines is 1. The first-order chi connectivity index (χ1) is 13.3. The van der Waals surface area contributed by atoms with E-state index in [4.69, 9.17) is 0 Å². The molecule has 2 N–H and O–H groups in total. The molecule has 6 nitrogen and oxygen atoms in total. The number of sulfonamides is 1. The number of anilines is 1. The Morgan fingerprint density at radius 3 is 2.86 bits per heavy atom. The van der Waals surface area contributed by atoms with Gasteiger partial charge in [0.2, 0.25) is 0 Å². The molecule has 0 amide bonds. The number of aromatic nitrogens is 1. The average Bonchev–Trinajstić information content (AvgIpc) is 3.40. The van der Waals surface area contributed by atoms with Crippen LogP contribution in [0, 0.1) is 0 Å². The second-order valence-corrected chi connectivity index (χ2v) is 11.7. The molecule has 0 aliphatic carbocycles. The summed E-state index contributed by atoms with van der Waals surface area (Å²) in [6.07, 6.45) is 0.679. The van der Waals surface area contributed by atoms with Gasteiger partial charge in [-0.3, -0.25) is 9.30 Å². The standard InChI is InChI=1S/C19H21N3O3S3/c1-19(8-9-23)12-20-18(27-19)14-11-13-5-3-6-15(17(13)21-14)22(2)28(24,25)16-7-4-10-26-16/h3-7,10-11,21,23H,8-9,12H2,1-2H3. The quantitative estimate of drug-likeness (QED) is 0.618. The van der Waals surface area contributed by atoms with Crippen LogP contribution >= 0.6 is 23.1 Å². The van der Waals surface area contributed by atoms with Gasteiger partial charge in [0.15, 0.2) is 0 Å². The monoisotopic (exact) mass is 435 g/mol. The van der Waals surface area contributed by atoms with E-state index >= 15 is 0 Å². The first-order valence-electron chi connectivity index (χ1n) is 8.83. The summed E-state index contributed by atoms with van der Waals surface area (Å²) in [7, 11) is -2.03. The average molecular weight is 436 g/mol. The minimum Gasteiger partial charge on any atom is -0.396 e. The van der Waals surface area contributed by atoms with Crippen molar-refractivity contribution in [1.82, 2.24) is 4.98 Å². The molecule has 148 valence electrons. The smallest absolute Gasteiger partial charge is 0.273 e. The van der Waals surface area contributed by atoms with Gasteiger partial charge in [-0.1, -0.05) is 30.0 Å². The fraction of sp³-hybridized carbons (Fsp3) is 0.316. The molecule has 3 aromatic rings. The fourth-order valence-electron chi connectivity index (χ4n) is 3.24. The minimum absolute atomic E-state index is 0.108. The third-order valence-corrected chi connectivity index (χ3v) is 9.37. The number of fused-ring (bicyclic) bond motifs is 1. The maximum atomic E-state index is 12.9. The van der Waals surface area contributed by atoms with Gasteiger partial charge in [-0.25, -0.2) is 8.42 Å². The highest BCUT2D eigenvalue weighted by molar-refractivity contribution is 8.15. The molecule has 2 aromatic heterocycles. The molecule has 0 saturated heterocycles. The minimum atomic E-state index is -3.61. The van der Waals surface area contributed by atoms with Gasteiger partial charge in [-0.05, 0) is 36.9 Å². The number of rotatable bonds is 6. The van der Waals surface area contributed by atoms with Crippen LogP contribution in [-0.2, 0) is 10.0 Å². The Bertz CT molecular complexity index is 1140. The lowest BCUT2D eigenvalue weighted by molar-refractivity contribution is 0.273. The third-order valence-electron chi connectivity index (χ3n) is 4.85. The number of aliphatic imine (C=N–C) groups is 1. The predicted molar refractivity (Wildman–Crippen MR) is 117 cm³/mol. The topological polar surface area (TPSA) is 85.8 Å². The Labute approximate surface area is 172 Å². The molecule has 4 rings (SSSR count). The second-order valence-electron chi connectivity index (χ2n) is 6.98. The van der Waals surface area contributed by atoms with Crippen LogP contribution in [0.4, 0.5) is 5.69 Å². The van der Waals surface area contributed by atoms with Crippen molar-refractivity contribution in [2.45, 2.75) is 22.3 Å². The van der Waals surface area contributed by atoms with Crippen LogP contribution in [-0.4, -0.2) is 48.5 Å². The molecule has 1 atom stereocenters. The van der Waals surface area contributed by atoms with Crippen molar-refractivity contribution < 1.29 is 13.5 Å². The van der Waals surface area contributed by atoms with E-state index in [1.54, 1.807) is 42.4 Å². The molecule has 0 fully saturated rings. The number of para-hydroxylation sites is 1. The van der Waals surface area contributed by atoms with Crippen molar-refractivity contribution in [1.29, 1.82) is 0 Å². The highest BCUT2D eigenvalue weighted by Gasteiger charge is 2.33. The predicted octanol–water partition coefficient (Wildman–Crippen LogP) is 3.69. The summed E-state index contributed by atoms with van der Waals surface area (Å²) in [5.41, 5.74) is 2.23. The van der Waals surface area contributed by atoms with Crippen LogP contribution in [0.1, 0.15) is 19.0 Å². The summed E-state index contributed by atoms with van der Waals surface area (Å²) in [6, 6.07) is 11.0. The molecule has 0 bridgehead atoms. The number of nitrogens with zero attached hydrogens (tertiary/aromatic N) is 2.